The molecule has 1 aromatic carbocycles. The summed E-state index contributed by atoms with van der Waals surface area (Å²) in [6.07, 6.45) is 2.22. The van der Waals surface area contributed by atoms with Crippen LogP contribution < -0.4 is 0 Å². The highest BCUT2D eigenvalue weighted by atomic mass is 16.1. The van der Waals surface area contributed by atoms with Gasteiger partial charge in [0.2, 0.25) is 0 Å². The van der Waals surface area contributed by atoms with Crippen molar-refractivity contribution in [2.45, 2.75) is 12.8 Å². The molecule has 2 nitrogen and oxygen atoms in total. The fraction of sp³-hybridized carbons (Fsp3) is 0.200. The molecule has 12 heavy (non-hydrogen) atoms. The van der Waals surface area contributed by atoms with Crippen molar-refractivity contribution in [3.05, 3.63) is 41.2 Å². The first-order valence-electron chi connectivity index (χ1n) is 3.77. The van der Waals surface area contributed by atoms with E-state index >= 15 is 0 Å². The van der Waals surface area contributed by atoms with Gasteiger partial charge in [0.25, 0.3) is 0 Å². The van der Waals surface area contributed by atoms with Crippen molar-refractivity contribution in [3.63, 3.8) is 0 Å². The van der Waals surface area contributed by atoms with Crippen LogP contribution in [0.5, 0.6) is 0 Å². The summed E-state index contributed by atoms with van der Waals surface area (Å²) >= 11 is 0. The number of hydrogen-bond donors (Lipinski definition) is 0. The van der Waals surface area contributed by atoms with Gasteiger partial charge in [-0.1, -0.05) is 29.8 Å². The maximum atomic E-state index is 10.1. The van der Waals surface area contributed by atoms with E-state index in [1.807, 2.05) is 12.1 Å². The summed E-state index contributed by atoms with van der Waals surface area (Å²) < 4.78 is 0. The minimum Gasteiger partial charge on any atom is -0.303 e. The van der Waals surface area contributed by atoms with Gasteiger partial charge in [-0.2, -0.15) is 0 Å². The number of benzene rings is 1. The first kappa shape index (κ1) is 8.48. The first-order valence-corrected chi connectivity index (χ1v) is 3.77. The molecular formula is C10H9NO. The van der Waals surface area contributed by atoms with E-state index in [1.165, 1.54) is 0 Å². The molecule has 0 aromatic heterocycles. The minimum atomic E-state index is 0.553. The van der Waals surface area contributed by atoms with Gasteiger partial charge in [0.15, 0.2) is 5.69 Å². The Bertz CT molecular complexity index is 295. The summed E-state index contributed by atoms with van der Waals surface area (Å²) in [5.41, 5.74) is 1.75. The molecule has 0 N–H and O–H groups in total. The average molecular weight is 159 g/mol. The number of carbonyl (C=O) groups excluding carboxylic acids is 1. The lowest BCUT2D eigenvalue weighted by atomic mass is 10.1. The summed E-state index contributed by atoms with van der Waals surface area (Å²) in [5.74, 6) is 0. The Morgan fingerprint density at radius 2 is 2.00 bits per heavy atom. The van der Waals surface area contributed by atoms with Crippen LogP contribution in [0, 0.1) is 6.57 Å². The molecule has 0 saturated heterocycles. The van der Waals surface area contributed by atoms with Crippen LogP contribution in [0.4, 0.5) is 5.69 Å². The monoisotopic (exact) mass is 159 g/mol. The summed E-state index contributed by atoms with van der Waals surface area (Å²) in [5, 5.41) is 0. The van der Waals surface area contributed by atoms with Gasteiger partial charge >= 0.3 is 0 Å². The topological polar surface area (TPSA) is 21.4 Å². The van der Waals surface area contributed by atoms with Gasteiger partial charge in [0.1, 0.15) is 6.29 Å². The lowest BCUT2D eigenvalue weighted by Crippen LogP contribution is -1.84. The van der Waals surface area contributed by atoms with Crippen LogP contribution in [0.3, 0.4) is 0 Å². The molecule has 0 saturated carbocycles. The smallest absolute Gasteiger partial charge is 0.187 e. The van der Waals surface area contributed by atoms with Gasteiger partial charge in [-0.3, -0.25) is 0 Å². The normalized spacial score (nSPS) is 8.92. The average Bonchev–Trinajstić information content (AvgIpc) is 2.15. The molecule has 0 radical (unpaired) electrons. The van der Waals surface area contributed by atoms with Crippen molar-refractivity contribution in [1.29, 1.82) is 0 Å². The molecule has 0 aliphatic heterocycles. The largest absolute Gasteiger partial charge is 0.303 e. The predicted octanol–water partition coefficient (Wildman–Crippen LogP) is 2.37. The highest BCUT2D eigenvalue weighted by Crippen LogP contribution is 2.13. The lowest BCUT2D eigenvalue weighted by Gasteiger charge is -1.95. The third kappa shape index (κ3) is 2.21. The quantitative estimate of drug-likeness (QED) is 0.490. The maximum Gasteiger partial charge on any atom is 0.187 e. The first-order chi connectivity index (χ1) is 5.86. The molecule has 0 fully saturated rings. The SMILES string of the molecule is [C-]#[N+]c1ccc(CCC=O)cc1. The number of aryl methyl sites for hydroxylation is 1. The lowest BCUT2D eigenvalue weighted by molar-refractivity contribution is -0.107. The van der Waals surface area contributed by atoms with E-state index in [0.29, 0.717) is 12.1 Å². The number of hydrogen-bond acceptors (Lipinski definition) is 1. The highest BCUT2D eigenvalue weighted by Gasteiger charge is 1.92. The second-order valence-electron chi connectivity index (χ2n) is 2.48. The summed E-state index contributed by atoms with van der Waals surface area (Å²) in [6.45, 7) is 6.72. The van der Waals surface area contributed by atoms with E-state index in [4.69, 9.17) is 6.57 Å². The molecule has 1 rings (SSSR count). The second kappa shape index (κ2) is 4.30. The van der Waals surface area contributed by atoms with Gasteiger partial charge in [0.05, 0.1) is 6.57 Å². The molecule has 0 bridgehead atoms. The number of aldehydes is 1. The Hall–Kier alpha value is -1.62. The molecule has 0 unspecified atom stereocenters. The van der Waals surface area contributed by atoms with Crippen LogP contribution in [-0.2, 0) is 11.2 Å². The zero-order chi connectivity index (χ0) is 8.81. The molecule has 60 valence electrons. The van der Waals surface area contributed by atoms with Gasteiger partial charge in [0, 0.05) is 6.42 Å². The Morgan fingerprint density at radius 1 is 1.33 bits per heavy atom. The van der Waals surface area contributed by atoms with E-state index in [0.717, 1.165) is 18.3 Å². The van der Waals surface area contributed by atoms with Gasteiger partial charge in [-0.05, 0) is 6.42 Å². The molecule has 0 aliphatic carbocycles. The highest BCUT2D eigenvalue weighted by molar-refractivity contribution is 5.51. The zero-order valence-corrected chi connectivity index (χ0v) is 6.66. The van der Waals surface area contributed by atoms with Crippen LogP contribution in [0.15, 0.2) is 24.3 Å². The van der Waals surface area contributed by atoms with Crippen LogP contribution >= 0.6 is 0 Å². The van der Waals surface area contributed by atoms with Crippen molar-refractivity contribution in [3.8, 4) is 0 Å². The Morgan fingerprint density at radius 3 is 2.50 bits per heavy atom. The fourth-order valence-corrected chi connectivity index (χ4v) is 0.963. The zero-order valence-electron chi connectivity index (χ0n) is 6.66. The van der Waals surface area contributed by atoms with Crippen molar-refractivity contribution in [2.24, 2.45) is 0 Å². The molecule has 0 atom stereocenters. The summed E-state index contributed by atoms with van der Waals surface area (Å²) in [4.78, 5) is 13.3. The second-order valence-corrected chi connectivity index (χ2v) is 2.48. The van der Waals surface area contributed by atoms with E-state index in [-0.39, 0.29) is 0 Å². The maximum absolute atomic E-state index is 10.1. The van der Waals surface area contributed by atoms with E-state index in [1.54, 1.807) is 12.1 Å². The Balaban J connectivity index is 2.66. The molecule has 0 aliphatic rings. The molecule has 0 amide bonds. The van der Waals surface area contributed by atoms with Crippen LogP contribution in [-0.4, -0.2) is 6.29 Å². The molecular weight excluding hydrogens is 150 g/mol. The van der Waals surface area contributed by atoms with Crippen LogP contribution in [0.25, 0.3) is 4.85 Å². The van der Waals surface area contributed by atoms with E-state index in [2.05, 4.69) is 4.85 Å². The summed E-state index contributed by atoms with van der Waals surface area (Å²) in [7, 11) is 0. The van der Waals surface area contributed by atoms with Gasteiger partial charge in [-0.25, -0.2) is 4.85 Å². The number of rotatable bonds is 3. The molecule has 0 heterocycles. The summed E-state index contributed by atoms with van der Waals surface area (Å²) in [6, 6.07) is 7.31. The van der Waals surface area contributed by atoms with Gasteiger partial charge in [-0.15, -0.1) is 0 Å². The number of carbonyl (C=O) groups is 1. The molecule has 2 heteroatoms. The van der Waals surface area contributed by atoms with Crippen molar-refractivity contribution in [2.75, 3.05) is 0 Å². The third-order valence-electron chi connectivity index (χ3n) is 1.62. The predicted molar refractivity (Wildman–Crippen MR) is 47.1 cm³/mol. The standard InChI is InChI=1S/C10H9NO/c1-11-10-6-4-9(5-7-10)3-2-8-12/h4-8H,2-3H2. The van der Waals surface area contributed by atoms with E-state index in [9.17, 15) is 4.79 Å². The Labute approximate surface area is 71.7 Å². The van der Waals surface area contributed by atoms with E-state index < -0.39 is 0 Å². The van der Waals surface area contributed by atoms with Crippen molar-refractivity contribution >= 4 is 12.0 Å². The van der Waals surface area contributed by atoms with Crippen molar-refractivity contribution < 1.29 is 4.79 Å². The number of nitrogens with zero attached hydrogens (tertiary/aromatic N) is 1. The fourth-order valence-electron chi connectivity index (χ4n) is 0.963. The van der Waals surface area contributed by atoms with Crippen molar-refractivity contribution in [1.82, 2.24) is 0 Å². The third-order valence-corrected chi connectivity index (χ3v) is 1.62. The Kier molecular flexibility index (Phi) is 3.04. The molecule has 0 spiro atoms. The van der Waals surface area contributed by atoms with Crippen LogP contribution in [0.1, 0.15) is 12.0 Å². The van der Waals surface area contributed by atoms with Gasteiger partial charge < -0.3 is 4.79 Å². The molecule has 1 aromatic rings. The van der Waals surface area contributed by atoms with Crippen LogP contribution in [0.2, 0.25) is 0 Å². The minimum absolute atomic E-state index is 0.553.